The van der Waals surface area contributed by atoms with Crippen molar-refractivity contribution in [3.05, 3.63) is 54.2 Å². The number of carbonyl (C=O) groups is 5. The van der Waals surface area contributed by atoms with Gasteiger partial charge in [0.05, 0.1) is 25.3 Å². The number of amides is 4. The standard InChI is InChI=1S/C23H28N8O6/c24-15(7-19(25)32)21(34)31-17(6-13-9-26-11-29-13)22(35)28-10-20(33)30-18(23(36)37)5-12-8-27-16-4-2-1-3-14(12)16/h1-4,8-9,11,15,17-18,27H,5-7,10,24H2,(H2,25,32)(H,26,29)(H,28,35)(H,30,33)(H,31,34)(H,36,37). The number of carboxylic acid groups (broad SMARTS) is 1. The summed E-state index contributed by atoms with van der Waals surface area (Å²) in [6.07, 6.45) is 4.11. The first-order valence-electron chi connectivity index (χ1n) is 11.3. The molecule has 0 saturated carbocycles. The van der Waals surface area contributed by atoms with Gasteiger partial charge in [0.15, 0.2) is 0 Å². The maximum atomic E-state index is 12.8. The average Bonchev–Trinajstić information content (AvgIpc) is 3.51. The van der Waals surface area contributed by atoms with E-state index in [0.717, 1.165) is 10.9 Å². The fourth-order valence-corrected chi connectivity index (χ4v) is 3.67. The van der Waals surface area contributed by atoms with E-state index in [2.05, 4.69) is 30.9 Å². The molecule has 10 N–H and O–H groups in total. The minimum absolute atomic E-state index is 0.0131. The van der Waals surface area contributed by atoms with Crippen LogP contribution in [0.2, 0.25) is 0 Å². The molecule has 0 aliphatic carbocycles. The summed E-state index contributed by atoms with van der Waals surface area (Å²) in [5, 5.41) is 17.6. The van der Waals surface area contributed by atoms with E-state index in [4.69, 9.17) is 11.5 Å². The lowest BCUT2D eigenvalue weighted by molar-refractivity contribution is -0.141. The van der Waals surface area contributed by atoms with Gasteiger partial charge in [-0.1, -0.05) is 18.2 Å². The Morgan fingerprint density at radius 1 is 1.00 bits per heavy atom. The minimum Gasteiger partial charge on any atom is -0.480 e. The van der Waals surface area contributed by atoms with Crippen LogP contribution in [0.25, 0.3) is 10.9 Å². The van der Waals surface area contributed by atoms with Gasteiger partial charge in [-0.2, -0.15) is 0 Å². The number of H-pyrrole nitrogens is 2. The van der Waals surface area contributed by atoms with Crippen LogP contribution in [-0.2, 0) is 36.8 Å². The van der Waals surface area contributed by atoms with Crippen molar-refractivity contribution in [2.75, 3.05) is 6.54 Å². The SMILES string of the molecule is NC(=O)CC(N)C(=O)NC(Cc1cnc[nH]1)C(=O)NCC(=O)NC(Cc1c[nH]c2ccccc12)C(=O)O. The number of para-hydroxylation sites is 1. The molecule has 0 fully saturated rings. The lowest BCUT2D eigenvalue weighted by atomic mass is 10.0. The molecule has 4 amide bonds. The van der Waals surface area contributed by atoms with Crippen molar-refractivity contribution in [3.63, 3.8) is 0 Å². The van der Waals surface area contributed by atoms with Gasteiger partial charge in [0.25, 0.3) is 0 Å². The van der Waals surface area contributed by atoms with E-state index in [9.17, 15) is 29.1 Å². The number of nitrogens with zero attached hydrogens (tertiary/aromatic N) is 1. The zero-order valence-corrected chi connectivity index (χ0v) is 19.7. The van der Waals surface area contributed by atoms with Gasteiger partial charge in [0.2, 0.25) is 23.6 Å². The Morgan fingerprint density at radius 3 is 2.43 bits per heavy atom. The number of imidazole rings is 1. The van der Waals surface area contributed by atoms with E-state index in [1.54, 1.807) is 6.20 Å². The van der Waals surface area contributed by atoms with E-state index in [1.807, 2.05) is 24.3 Å². The quantitative estimate of drug-likeness (QED) is 0.128. The van der Waals surface area contributed by atoms with Gasteiger partial charge < -0.3 is 42.5 Å². The molecule has 1 aromatic carbocycles. The van der Waals surface area contributed by atoms with Crippen molar-refractivity contribution in [3.8, 4) is 0 Å². The van der Waals surface area contributed by atoms with E-state index < -0.39 is 60.7 Å². The van der Waals surface area contributed by atoms with Crippen LogP contribution >= 0.6 is 0 Å². The van der Waals surface area contributed by atoms with E-state index in [-0.39, 0.29) is 12.8 Å². The van der Waals surface area contributed by atoms with Crippen LogP contribution in [0.5, 0.6) is 0 Å². The van der Waals surface area contributed by atoms with Crippen LogP contribution in [0.15, 0.2) is 43.0 Å². The van der Waals surface area contributed by atoms with E-state index in [1.165, 1.54) is 12.5 Å². The van der Waals surface area contributed by atoms with Crippen molar-refractivity contribution < 1.29 is 29.1 Å². The Balaban J connectivity index is 1.60. The molecular weight excluding hydrogens is 484 g/mol. The Labute approximate surface area is 210 Å². The molecule has 2 aromatic heterocycles. The summed E-state index contributed by atoms with van der Waals surface area (Å²) in [6, 6.07) is 3.68. The lowest BCUT2D eigenvalue weighted by Crippen LogP contribution is -2.54. The zero-order valence-electron chi connectivity index (χ0n) is 19.7. The summed E-state index contributed by atoms with van der Waals surface area (Å²) in [6.45, 7) is -0.542. The first-order chi connectivity index (χ1) is 17.6. The molecule has 3 aromatic rings. The maximum Gasteiger partial charge on any atom is 0.326 e. The van der Waals surface area contributed by atoms with Gasteiger partial charge in [0.1, 0.15) is 12.1 Å². The third kappa shape index (κ3) is 7.63. The molecule has 2 heterocycles. The second-order valence-electron chi connectivity index (χ2n) is 8.36. The highest BCUT2D eigenvalue weighted by molar-refractivity contribution is 5.94. The number of primary amides is 1. The summed E-state index contributed by atoms with van der Waals surface area (Å²) >= 11 is 0. The maximum absolute atomic E-state index is 12.8. The molecule has 37 heavy (non-hydrogen) atoms. The van der Waals surface area contributed by atoms with Gasteiger partial charge in [-0.3, -0.25) is 19.2 Å². The van der Waals surface area contributed by atoms with Crippen molar-refractivity contribution in [2.45, 2.75) is 37.4 Å². The van der Waals surface area contributed by atoms with Crippen molar-refractivity contribution in [1.29, 1.82) is 0 Å². The fraction of sp³-hybridized carbons (Fsp3) is 0.304. The Bertz CT molecular complexity index is 1270. The highest BCUT2D eigenvalue weighted by atomic mass is 16.4. The summed E-state index contributed by atoms with van der Waals surface area (Å²) < 4.78 is 0. The number of hydrogen-bond donors (Lipinski definition) is 8. The van der Waals surface area contributed by atoms with Gasteiger partial charge in [0, 0.05) is 41.8 Å². The fourth-order valence-electron chi connectivity index (χ4n) is 3.67. The third-order valence-corrected chi connectivity index (χ3v) is 5.53. The number of aliphatic carboxylic acids is 1. The number of carbonyl (C=O) groups excluding carboxylic acids is 4. The number of aromatic amines is 2. The first-order valence-corrected chi connectivity index (χ1v) is 11.3. The highest BCUT2D eigenvalue weighted by Gasteiger charge is 2.27. The average molecular weight is 513 g/mol. The number of nitrogens with two attached hydrogens (primary N) is 2. The Hall–Kier alpha value is -4.72. The molecule has 3 atom stereocenters. The second kappa shape index (κ2) is 12.3. The predicted octanol–water partition coefficient (Wildman–Crippen LogP) is -1.95. The van der Waals surface area contributed by atoms with Crippen LogP contribution in [0, 0.1) is 0 Å². The normalized spacial score (nSPS) is 13.3. The molecule has 14 nitrogen and oxygen atoms in total. The Kier molecular flexibility index (Phi) is 8.94. The van der Waals surface area contributed by atoms with Crippen molar-refractivity contribution in [2.24, 2.45) is 11.5 Å². The summed E-state index contributed by atoms with van der Waals surface area (Å²) in [4.78, 5) is 70.1. The molecule has 0 aliphatic heterocycles. The number of benzene rings is 1. The second-order valence-corrected chi connectivity index (χ2v) is 8.36. The van der Waals surface area contributed by atoms with Crippen LogP contribution in [0.4, 0.5) is 0 Å². The molecule has 3 unspecified atom stereocenters. The van der Waals surface area contributed by atoms with Gasteiger partial charge in [-0.25, -0.2) is 9.78 Å². The molecule has 0 bridgehead atoms. The molecule has 0 saturated heterocycles. The summed E-state index contributed by atoms with van der Waals surface area (Å²) in [5.41, 5.74) is 12.8. The summed E-state index contributed by atoms with van der Waals surface area (Å²) in [7, 11) is 0. The number of fused-ring (bicyclic) bond motifs is 1. The van der Waals surface area contributed by atoms with Crippen molar-refractivity contribution >= 4 is 40.5 Å². The molecule has 0 spiro atoms. The first kappa shape index (κ1) is 26.9. The largest absolute Gasteiger partial charge is 0.480 e. The highest BCUT2D eigenvalue weighted by Crippen LogP contribution is 2.19. The van der Waals surface area contributed by atoms with Gasteiger partial charge in [-0.05, 0) is 11.6 Å². The van der Waals surface area contributed by atoms with E-state index in [0.29, 0.717) is 11.3 Å². The molecule has 0 radical (unpaired) electrons. The van der Waals surface area contributed by atoms with Gasteiger partial charge >= 0.3 is 5.97 Å². The topological polar surface area (TPSA) is 238 Å². The van der Waals surface area contributed by atoms with E-state index >= 15 is 0 Å². The van der Waals surface area contributed by atoms with Crippen LogP contribution < -0.4 is 27.4 Å². The predicted molar refractivity (Wildman–Crippen MR) is 131 cm³/mol. The molecule has 0 aliphatic rings. The Morgan fingerprint density at radius 2 is 1.76 bits per heavy atom. The smallest absolute Gasteiger partial charge is 0.326 e. The molecule has 3 rings (SSSR count). The van der Waals surface area contributed by atoms with Gasteiger partial charge in [-0.15, -0.1) is 0 Å². The lowest BCUT2D eigenvalue weighted by Gasteiger charge is -2.20. The number of hydrogen-bond acceptors (Lipinski definition) is 7. The van der Waals surface area contributed by atoms with Crippen LogP contribution in [-0.4, -0.2) is 74.3 Å². The van der Waals surface area contributed by atoms with Crippen LogP contribution in [0.1, 0.15) is 17.7 Å². The van der Waals surface area contributed by atoms with Crippen LogP contribution in [0.3, 0.4) is 0 Å². The monoisotopic (exact) mass is 512 g/mol. The number of aromatic nitrogens is 3. The number of rotatable bonds is 13. The third-order valence-electron chi connectivity index (χ3n) is 5.53. The summed E-state index contributed by atoms with van der Waals surface area (Å²) in [5.74, 6) is -4.27. The number of carboxylic acids is 1. The minimum atomic E-state index is -1.27. The zero-order chi connectivity index (χ0) is 26.9. The number of nitrogens with one attached hydrogen (secondary N) is 5. The van der Waals surface area contributed by atoms with Crippen molar-refractivity contribution in [1.82, 2.24) is 30.9 Å². The molecule has 14 heteroatoms. The molecular formula is C23H28N8O6. The molecule has 196 valence electrons.